The van der Waals surface area contributed by atoms with Gasteiger partial charge in [-0.15, -0.1) is 0 Å². The first-order valence-corrected chi connectivity index (χ1v) is 6.34. The molecule has 0 spiro atoms. The Balaban J connectivity index is 2.07. The van der Waals surface area contributed by atoms with Gasteiger partial charge in [-0.3, -0.25) is 4.79 Å². The third-order valence-corrected chi connectivity index (χ3v) is 3.37. The largest absolute Gasteiger partial charge is 0.478 e. The van der Waals surface area contributed by atoms with Crippen LogP contribution in [0, 0.1) is 0 Å². The van der Waals surface area contributed by atoms with Crippen molar-refractivity contribution in [3.63, 3.8) is 0 Å². The van der Waals surface area contributed by atoms with Gasteiger partial charge < -0.3 is 19.6 Å². The third kappa shape index (κ3) is 3.13. The highest BCUT2D eigenvalue weighted by molar-refractivity contribution is 5.88. The SMILES string of the molecule is COC(=O)CN(C)C(=O)N1Cc2ccc(C(=O)O)cc2C1. The second-order valence-corrected chi connectivity index (χ2v) is 4.86. The minimum Gasteiger partial charge on any atom is -0.478 e. The summed E-state index contributed by atoms with van der Waals surface area (Å²) in [5.74, 6) is -1.49. The van der Waals surface area contributed by atoms with Gasteiger partial charge in [-0.2, -0.15) is 0 Å². The van der Waals surface area contributed by atoms with Gasteiger partial charge in [0, 0.05) is 20.1 Å². The molecule has 0 aromatic heterocycles. The molecule has 2 amide bonds. The number of aromatic carboxylic acids is 1. The summed E-state index contributed by atoms with van der Waals surface area (Å²) in [6.07, 6.45) is 0. The third-order valence-electron chi connectivity index (χ3n) is 3.37. The van der Waals surface area contributed by atoms with Crippen molar-refractivity contribution in [2.24, 2.45) is 0 Å². The number of amides is 2. The van der Waals surface area contributed by atoms with Crippen LogP contribution in [0.1, 0.15) is 21.5 Å². The zero-order valence-electron chi connectivity index (χ0n) is 11.8. The molecule has 7 nitrogen and oxygen atoms in total. The monoisotopic (exact) mass is 292 g/mol. The predicted molar refractivity (Wildman–Crippen MR) is 72.7 cm³/mol. The van der Waals surface area contributed by atoms with Crippen molar-refractivity contribution in [2.45, 2.75) is 13.1 Å². The number of carbonyl (C=O) groups excluding carboxylic acids is 2. The van der Waals surface area contributed by atoms with Crippen LogP contribution in [0.2, 0.25) is 0 Å². The zero-order valence-corrected chi connectivity index (χ0v) is 11.8. The molecule has 1 N–H and O–H groups in total. The highest BCUT2D eigenvalue weighted by atomic mass is 16.5. The number of carboxylic acids is 1. The first-order chi connectivity index (χ1) is 9.92. The van der Waals surface area contributed by atoms with Crippen LogP contribution in [0.5, 0.6) is 0 Å². The summed E-state index contributed by atoms with van der Waals surface area (Å²) in [6.45, 7) is 0.614. The summed E-state index contributed by atoms with van der Waals surface area (Å²) in [6, 6.07) is 4.51. The molecule has 0 saturated heterocycles. The van der Waals surface area contributed by atoms with E-state index in [1.165, 1.54) is 25.1 Å². The lowest BCUT2D eigenvalue weighted by molar-refractivity contribution is -0.141. The maximum atomic E-state index is 12.2. The van der Waals surface area contributed by atoms with Crippen LogP contribution in [-0.2, 0) is 22.6 Å². The van der Waals surface area contributed by atoms with Crippen molar-refractivity contribution < 1.29 is 24.2 Å². The van der Waals surface area contributed by atoms with Gasteiger partial charge in [0.2, 0.25) is 0 Å². The topological polar surface area (TPSA) is 87.2 Å². The first-order valence-electron chi connectivity index (χ1n) is 6.34. The lowest BCUT2D eigenvalue weighted by Crippen LogP contribution is -2.40. The Kier molecular flexibility index (Phi) is 4.11. The van der Waals surface area contributed by atoms with Crippen molar-refractivity contribution >= 4 is 18.0 Å². The number of hydrogen-bond acceptors (Lipinski definition) is 4. The summed E-state index contributed by atoms with van der Waals surface area (Å²) in [4.78, 5) is 37.2. The van der Waals surface area contributed by atoms with Crippen LogP contribution >= 0.6 is 0 Å². The van der Waals surface area contributed by atoms with E-state index in [1.54, 1.807) is 17.0 Å². The number of esters is 1. The van der Waals surface area contributed by atoms with Gasteiger partial charge in [-0.1, -0.05) is 6.07 Å². The predicted octanol–water partition coefficient (Wildman–Crippen LogP) is 0.925. The van der Waals surface area contributed by atoms with Crippen molar-refractivity contribution in [1.29, 1.82) is 0 Å². The highest BCUT2D eigenvalue weighted by Gasteiger charge is 2.27. The summed E-state index contributed by atoms with van der Waals surface area (Å²) >= 11 is 0. The number of methoxy groups -OCH3 is 1. The number of carbonyl (C=O) groups is 3. The van der Waals surface area contributed by atoms with E-state index < -0.39 is 11.9 Å². The summed E-state index contributed by atoms with van der Waals surface area (Å²) < 4.78 is 4.52. The molecule has 0 unspecified atom stereocenters. The number of rotatable bonds is 3. The molecule has 2 rings (SSSR count). The quantitative estimate of drug-likeness (QED) is 0.837. The van der Waals surface area contributed by atoms with Gasteiger partial charge in [0.1, 0.15) is 6.54 Å². The van der Waals surface area contributed by atoms with Crippen LogP contribution < -0.4 is 0 Å². The molecule has 0 bridgehead atoms. The molecular weight excluding hydrogens is 276 g/mol. The van der Waals surface area contributed by atoms with Crippen molar-refractivity contribution in [3.8, 4) is 0 Å². The maximum Gasteiger partial charge on any atom is 0.335 e. The fraction of sp³-hybridized carbons (Fsp3) is 0.357. The van der Waals surface area contributed by atoms with E-state index in [0.29, 0.717) is 13.1 Å². The number of likely N-dealkylation sites (N-methyl/N-ethyl adjacent to an activating group) is 1. The second kappa shape index (κ2) is 5.82. The van der Waals surface area contributed by atoms with Gasteiger partial charge in [0.25, 0.3) is 0 Å². The number of ether oxygens (including phenoxy) is 1. The number of benzene rings is 1. The Hall–Kier alpha value is -2.57. The lowest BCUT2D eigenvalue weighted by Gasteiger charge is -2.23. The van der Waals surface area contributed by atoms with Crippen LogP contribution in [0.25, 0.3) is 0 Å². The number of carboxylic acid groups (broad SMARTS) is 1. The summed E-state index contributed by atoms with van der Waals surface area (Å²) in [7, 11) is 2.78. The van der Waals surface area contributed by atoms with Gasteiger partial charge >= 0.3 is 18.0 Å². The van der Waals surface area contributed by atoms with E-state index in [-0.39, 0.29) is 18.1 Å². The summed E-state index contributed by atoms with van der Waals surface area (Å²) in [5, 5.41) is 8.97. The Morgan fingerprint density at radius 2 is 1.95 bits per heavy atom. The minimum atomic E-state index is -0.995. The van der Waals surface area contributed by atoms with Crippen LogP contribution in [0.15, 0.2) is 18.2 Å². The summed E-state index contributed by atoms with van der Waals surface area (Å²) in [5.41, 5.74) is 1.93. The van der Waals surface area contributed by atoms with Gasteiger partial charge in [-0.05, 0) is 23.3 Å². The first kappa shape index (κ1) is 14.8. The Morgan fingerprint density at radius 1 is 1.29 bits per heavy atom. The molecular formula is C14H16N2O5. The Labute approximate surface area is 121 Å². The van der Waals surface area contributed by atoms with Crippen LogP contribution in [0.3, 0.4) is 0 Å². The van der Waals surface area contributed by atoms with E-state index in [2.05, 4.69) is 4.74 Å². The lowest BCUT2D eigenvalue weighted by atomic mass is 10.1. The number of hydrogen-bond donors (Lipinski definition) is 1. The second-order valence-electron chi connectivity index (χ2n) is 4.86. The van der Waals surface area contributed by atoms with Gasteiger partial charge in [0.15, 0.2) is 0 Å². The number of nitrogens with zero attached hydrogens (tertiary/aromatic N) is 2. The van der Waals surface area contributed by atoms with Crippen molar-refractivity contribution in [1.82, 2.24) is 9.80 Å². The number of fused-ring (bicyclic) bond motifs is 1. The Bertz CT molecular complexity index is 599. The Morgan fingerprint density at radius 3 is 2.57 bits per heavy atom. The molecule has 0 saturated carbocycles. The van der Waals surface area contributed by atoms with Gasteiger partial charge in [0.05, 0.1) is 12.7 Å². The fourth-order valence-corrected chi connectivity index (χ4v) is 2.23. The molecule has 1 aliphatic rings. The molecule has 1 heterocycles. The average Bonchev–Trinajstić information content (AvgIpc) is 2.88. The van der Waals surface area contributed by atoms with Gasteiger partial charge in [-0.25, -0.2) is 9.59 Å². The van der Waals surface area contributed by atoms with E-state index in [9.17, 15) is 14.4 Å². The molecule has 21 heavy (non-hydrogen) atoms. The van der Waals surface area contributed by atoms with E-state index in [0.717, 1.165) is 11.1 Å². The average molecular weight is 292 g/mol. The molecule has 112 valence electrons. The van der Waals surface area contributed by atoms with Crippen molar-refractivity contribution in [3.05, 3.63) is 34.9 Å². The fourth-order valence-electron chi connectivity index (χ4n) is 2.23. The maximum absolute atomic E-state index is 12.2. The molecule has 7 heteroatoms. The molecule has 0 radical (unpaired) electrons. The van der Waals surface area contributed by atoms with E-state index in [4.69, 9.17) is 5.11 Å². The number of urea groups is 1. The van der Waals surface area contributed by atoms with Crippen LogP contribution in [0.4, 0.5) is 4.79 Å². The molecule has 1 aliphatic heterocycles. The standard InChI is InChI=1S/C14H16N2O5/c1-15(8-12(17)21-2)14(20)16-6-10-4-3-9(13(18)19)5-11(10)7-16/h3-5H,6-8H2,1-2H3,(H,18,19). The molecule has 0 aliphatic carbocycles. The molecule has 0 fully saturated rings. The highest BCUT2D eigenvalue weighted by Crippen LogP contribution is 2.24. The normalized spacial score (nSPS) is 12.8. The molecule has 1 aromatic rings. The van der Waals surface area contributed by atoms with E-state index in [1.807, 2.05) is 0 Å². The van der Waals surface area contributed by atoms with Crippen molar-refractivity contribution in [2.75, 3.05) is 20.7 Å². The zero-order chi connectivity index (χ0) is 15.6. The molecule has 1 aromatic carbocycles. The van der Waals surface area contributed by atoms with Crippen LogP contribution in [-0.4, -0.2) is 53.6 Å². The molecule has 0 atom stereocenters. The van der Waals surface area contributed by atoms with E-state index >= 15 is 0 Å². The smallest absolute Gasteiger partial charge is 0.335 e. The minimum absolute atomic E-state index is 0.122.